The molecule has 0 spiro atoms. The first kappa shape index (κ1) is 13.8. The van der Waals surface area contributed by atoms with Gasteiger partial charge in [0.15, 0.2) is 0 Å². The van der Waals surface area contributed by atoms with E-state index in [1.54, 1.807) is 12.1 Å². The van der Waals surface area contributed by atoms with Gasteiger partial charge >= 0.3 is 0 Å². The molecule has 110 valence electrons. The molecular formula is C15H18N4O2. The lowest BCUT2D eigenvalue weighted by Crippen LogP contribution is -2.24. The highest BCUT2D eigenvalue weighted by Crippen LogP contribution is 2.27. The molecule has 0 unspecified atom stereocenters. The van der Waals surface area contributed by atoms with Crippen molar-refractivity contribution >= 4 is 22.3 Å². The number of fused-ring (bicyclic) bond motifs is 1. The topological polar surface area (TPSA) is 80.1 Å². The van der Waals surface area contributed by atoms with E-state index in [0.29, 0.717) is 6.04 Å². The molecule has 2 N–H and O–H groups in total. The summed E-state index contributed by atoms with van der Waals surface area (Å²) in [6.07, 6.45) is 2.53. The lowest BCUT2D eigenvalue weighted by molar-refractivity contribution is -0.384. The van der Waals surface area contributed by atoms with E-state index in [1.165, 1.54) is 18.9 Å². The van der Waals surface area contributed by atoms with Crippen LogP contribution >= 0.6 is 0 Å². The van der Waals surface area contributed by atoms with Gasteiger partial charge in [0.05, 0.1) is 10.4 Å². The van der Waals surface area contributed by atoms with Gasteiger partial charge in [0.25, 0.3) is 5.69 Å². The number of nitro benzene ring substituents is 1. The maximum absolute atomic E-state index is 10.9. The van der Waals surface area contributed by atoms with E-state index in [4.69, 9.17) is 0 Å². The number of benzene rings is 1. The molecule has 1 heterocycles. The summed E-state index contributed by atoms with van der Waals surface area (Å²) in [5.41, 5.74) is 2.67. The zero-order valence-corrected chi connectivity index (χ0v) is 11.9. The lowest BCUT2D eigenvalue weighted by atomic mass is 10.1. The standard InChI is InChI=1S/C15H18N4O2/c1-10-8-15(17-7-6-16-11-2-3-11)13-9-12(19(20)21)4-5-14(13)18-10/h4-5,8-9,11,16H,2-3,6-7H2,1H3,(H,17,18). The van der Waals surface area contributed by atoms with Crippen LogP contribution in [0.1, 0.15) is 18.5 Å². The van der Waals surface area contributed by atoms with Crippen LogP contribution in [0.4, 0.5) is 11.4 Å². The summed E-state index contributed by atoms with van der Waals surface area (Å²) in [4.78, 5) is 15.0. The minimum Gasteiger partial charge on any atom is -0.383 e. The third-order valence-electron chi connectivity index (χ3n) is 3.58. The summed E-state index contributed by atoms with van der Waals surface area (Å²) in [6, 6.07) is 7.40. The Morgan fingerprint density at radius 3 is 2.86 bits per heavy atom. The van der Waals surface area contributed by atoms with Crippen LogP contribution in [0.25, 0.3) is 10.9 Å². The summed E-state index contributed by atoms with van der Waals surface area (Å²) >= 11 is 0. The van der Waals surface area contributed by atoms with Crippen molar-refractivity contribution in [3.8, 4) is 0 Å². The van der Waals surface area contributed by atoms with Crippen LogP contribution < -0.4 is 10.6 Å². The van der Waals surface area contributed by atoms with Gasteiger partial charge in [-0.2, -0.15) is 0 Å². The summed E-state index contributed by atoms with van der Waals surface area (Å²) in [5, 5.41) is 18.5. The number of nitro groups is 1. The average Bonchev–Trinajstić information content (AvgIpc) is 3.26. The zero-order valence-electron chi connectivity index (χ0n) is 11.9. The van der Waals surface area contributed by atoms with Crippen LogP contribution in [0.2, 0.25) is 0 Å². The fraction of sp³-hybridized carbons (Fsp3) is 0.400. The molecule has 0 bridgehead atoms. The molecular weight excluding hydrogens is 268 g/mol. The third kappa shape index (κ3) is 3.28. The number of pyridine rings is 1. The number of anilines is 1. The van der Waals surface area contributed by atoms with Gasteiger partial charge in [-0.3, -0.25) is 15.1 Å². The van der Waals surface area contributed by atoms with Gasteiger partial charge in [0, 0.05) is 48.0 Å². The van der Waals surface area contributed by atoms with Crippen molar-refractivity contribution in [2.24, 2.45) is 0 Å². The quantitative estimate of drug-likeness (QED) is 0.485. The number of nitrogens with zero attached hydrogens (tertiary/aromatic N) is 2. The van der Waals surface area contributed by atoms with Gasteiger partial charge in [0.1, 0.15) is 0 Å². The highest BCUT2D eigenvalue weighted by molar-refractivity contribution is 5.93. The summed E-state index contributed by atoms with van der Waals surface area (Å²) in [6.45, 7) is 3.61. The van der Waals surface area contributed by atoms with Crippen LogP contribution in [-0.4, -0.2) is 29.0 Å². The molecule has 1 aliphatic carbocycles. The van der Waals surface area contributed by atoms with Crippen LogP contribution in [-0.2, 0) is 0 Å². The predicted molar refractivity (Wildman–Crippen MR) is 82.6 cm³/mol. The first-order chi connectivity index (χ1) is 10.1. The Labute approximate surface area is 122 Å². The van der Waals surface area contributed by atoms with Gasteiger partial charge in [-0.15, -0.1) is 0 Å². The Morgan fingerprint density at radius 2 is 2.14 bits per heavy atom. The molecule has 0 aliphatic heterocycles. The van der Waals surface area contributed by atoms with E-state index >= 15 is 0 Å². The molecule has 1 aromatic heterocycles. The first-order valence-electron chi connectivity index (χ1n) is 7.16. The smallest absolute Gasteiger partial charge is 0.270 e. The normalized spacial score (nSPS) is 14.3. The lowest BCUT2D eigenvalue weighted by Gasteiger charge is -2.11. The van der Waals surface area contributed by atoms with Crippen molar-refractivity contribution in [1.29, 1.82) is 0 Å². The fourth-order valence-electron chi connectivity index (χ4n) is 2.37. The molecule has 2 aromatic rings. The fourth-order valence-corrected chi connectivity index (χ4v) is 2.37. The SMILES string of the molecule is Cc1cc(NCCNC2CC2)c2cc([N+](=O)[O-])ccc2n1. The molecule has 1 saturated carbocycles. The van der Waals surface area contributed by atoms with Gasteiger partial charge < -0.3 is 10.6 Å². The Balaban J connectivity index is 1.83. The average molecular weight is 286 g/mol. The van der Waals surface area contributed by atoms with Gasteiger partial charge in [-0.25, -0.2) is 0 Å². The van der Waals surface area contributed by atoms with Gasteiger partial charge in [-0.05, 0) is 31.9 Å². The van der Waals surface area contributed by atoms with Crippen LogP contribution in [0.15, 0.2) is 24.3 Å². The summed E-state index contributed by atoms with van der Waals surface area (Å²) in [5.74, 6) is 0. The number of nitrogens with one attached hydrogen (secondary N) is 2. The molecule has 6 nitrogen and oxygen atoms in total. The number of hydrogen-bond donors (Lipinski definition) is 2. The molecule has 1 aromatic carbocycles. The second-order valence-electron chi connectivity index (χ2n) is 5.42. The van der Waals surface area contributed by atoms with Crippen molar-refractivity contribution < 1.29 is 4.92 Å². The molecule has 1 fully saturated rings. The Hall–Kier alpha value is -2.21. The minimum atomic E-state index is -0.377. The van der Waals surface area contributed by atoms with E-state index in [2.05, 4.69) is 15.6 Å². The monoisotopic (exact) mass is 286 g/mol. The highest BCUT2D eigenvalue weighted by Gasteiger charge is 2.19. The number of aromatic nitrogens is 1. The van der Waals surface area contributed by atoms with Crippen LogP contribution in [0.3, 0.4) is 0 Å². The predicted octanol–water partition coefficient (Wildman–Crippen LogP) is 2.62. The molecule has 0 radical (unpaired) electrons. The number of non-ortho nitro benzene ring substituents is 1. The molecule has 0 atom stereocenters. The largest absolute Gasteiger partial charge is 0.383 e. The summed E-state index contributed by atoms with van der Waals surface area (Å²) < 4.78 is 0. The zero-order chi connectivity index (χ0) is 14.8. The highest BCUT2D eigenvalue weighted by atomic mass is 16.6. The maximum Gasteiger partial charge on any atom is 0.270 e. The van der Waals surface area contributed by atoms with Crippen LogP contribution in [0, 0.1) is 17.0 Å². The molecule has 1 aliphatic rings. The van der Waals surface area contributed by atoms with Crippen molar-refractivity contribution in [3.05, 3.63) is 40.1 Å². The van der Waals surface area contributed by atoms with Crippen molar-refractivity contribution in [2.75, 3.05) is 18.4 Å². The number of rotatable bonds is 6. The summed E-state index contributed by atoms with van der Waals surface area (Å²) in [7, 11) is 0. The second kappa shape index (κ2) is 5.65. The van der Waals surface area contributed by atoms with Crippen LogP contribution in [0.5, 0.6) is 0 Å². The maximum atomic E-state index is 10.9. The Bertz CT molecular complexity index is 683. The minimum absolute atomic E-state index is 0.0901. The van der Waals surface area contributed by atoms with Gasteiger partial charge in [0.2, 0.25) is 0 Å². The Morgan fingerprint density at radius 1 is 1.33 bits per heavy atom. The molecule has 0 amide bonds. The Kier molecular flexibility index (Phi) is 3.70. The number of hydrogen-bond acceptors (Lipinski definition) is 5. The van der Waals surface area contributed by atoms with E-state index in [-0.39, 0.29) is 10.6 Å². The van der Waals surface area contributed by atoms with E-state index in [9.17, 15) is 10.1 Å². The first-order valence-corrected chi connectivity index (χ1v) is 7.16. The van der Waals surface area contributed by atoms with Crippen molar-refractivity contribution in [3.63, 3.8) is 0 Å². The molecule has 3 rings (SSSR count). The van der Waals surface area contributed by atoms with E-state index in [1.807, 2.05) is 13.0 Å². The number of aryl methyl sites for hydroxylation is 1. The second-order valence-corrected chi connectivity index (χ2v) is 5.42. The van der Waals surface area contributed by atoms with Crippen molar-refractivity contribution in [1.82, 2.24) is 10.3 Å². The molecule has 21 heavy (non-hydrogen) atoms. The van der Waals surface area contributed by atoms with E-state index in [0.717, 1.165) is 35.4 Å². The van der Waals surface area contributed by atoms with E-state index < -0.39 is 0 Å². The van der Waals surface area contributed by atoms with Gasteiger partial charge in [-0.1, -0.05) is 0 Å². The third-order valence-corrected chi connectivity index (χ3v) is 3.58. The molecule has 0 saturated heterocycles. The van der Waals surface area contributed by atoms with Crippen molar-refractivity contribution in [2.45, 2.75) is 25.8 Å². The molecule has 6 heteroatoms.